The number of likely N-dealkylation sites (tertiary alicyclic amines) is 1. The van der Waals surface area contributed by atoms with Crippen molar-refractivity contribution in [2.75, 3.05) is 24.6 Å². The molecule has 1 fully saturated rings. The second-order valence-electron chi connectivity index (χ2n) is 8.37. The Morgan fingerprint density at radius 1 is 1.23 bits per heavy atom. The van der Waals surface area contributed by atoms with Crippen molar-refractivity contribution < 1.29 is 19.8 Å². The third-order valence-electron chi connectivity index (χ3n) is 6.09. The Bertz CT molecular complexity index is 1170. The summed E-state index contributed by atoms with van der Waals surface area (Å²) in [6.07, 6.45) is 0.999. The Kier molecular flexibility index (Phi) is 7.34. The van der Waals surface area contributed by atoms with Crippen molar-refractivity contribution in [3.63, 3.8) is 0 Å². The highest BCUT2D eigenvalue weighted by Gasteiger charge is 2.40. The minimum atomic E-state index is -1.92. The van der Waals surface area contributed by atoms with Crippen LogP contribution in [-0.4, -0.2) is 67.5 Å². The Morgan fingerprint density at radius 2 is 1.97 bits per heavy atom. The normalized spacial score (nSPS) is 18.2. The van der Waals surface area contributed by atoms with E-state index in [1.165, 1.54) is 16.2 Å². The van der Waals surface area contributed by atoms with Crippen LogP contribution in [0.1, 0.15) is 43.1 Å². The highest BCUT2D eigenvalue weighted by atomic mass is 32.1. The Hall–Kier alpha value is -3.48. The van der Waals surface area contributed by atoms with Crippen molar-refractivity contribution in [2.24, 2.45) is 0 Å². The summed E-state index contributed by atoms with van der Waals surface area (Å²) in [6.45, 7) is 2.13. The van der Waals surface area contributed by atoms with Gasteiger partial charge in [-0.15, -0.1) is 0 Å². The Labute approximate surface area is 206 Å². The number of nitrogens with zero attached hydrogens (tertiary/aromatic N) is 4. The van der Waals surface area contributed by atoms with Crippen LogP contribution in [0.4, 0.5) is 10.1 Å². The number of hydrogen-bond acceptors (Lipinski definition) is 9. The minimum absolute atomic E-state index is 0.375. The topological polar surface area (TPSA) is 159 Å². The molecule has 6 N–H and O–H groups in total. The summed E-state index contributed by atoms with van der Waals surface area (Å²) in [7, 11) is 1.73. The largest absolute Gasteiger partial charge is 0.389 e. The molecule has 0 saturated carbocycles. The van der Waals surface area contributed by atoms with E-state index >= 15 is 0 Å². The van der Waals surface area contributed by atoms with Crippen LogP contribution in [0.15, 0.2) is 42.7 Å². The van der Waals surface area contributed by atoms with Gasteiger partial charge in [0.25, 0.3) is 11.8 Å². The van der Waals surface area contributed by atoms with E-state index in [4.69, 9.17) is 5.73 Å². The first-order chi connectivity index (χ1) is 16.8. The van der Waals surface area contributed by atoms with Crippen LogP contribution in [0.5, 0.6) is 0 Å². The van der Waals surface area contributed by atoms with Crippen LogP contribution in [0.25, 0.3) is 5.69 Å². The van der Waals surface area contributed by atoms with E-state index in [2.05, 4.69) is 20.7 Å². The number of carbonyl (C=O) groups is 2. The lowest BCUT2D eigenvalue weighted by Crippen LogP contribution is -2.51. The van der Waals surface area contributed by atoms with E-state index < -0.39 is 36.1 Å². The summed E-state index contributed by atoms with van der Waals surface area (Å²) in [4.78, 5) is 31.5. The summed E-state index contributed by atoms with van der Waals surface area (Å²) < 4.78 is 1.71. The van der Waals surface area contributed by atoms with Gasteiger partial charge in [0.05, 0.1) is 23.5 Å². The number of rotatable bonds is 8. The molecule has 2 amide bonds. The predicted octanol–water partition coefficient (Wildman–Crippen LogP) is 1.22. The molecule has 3 aromatic rings. The number of amides is 2. The third kappa shape index (κ3) is 5.14. The number of nitrogens with one attached hydrogen (secondary N) is 2. The molecule has 0 aliphatic carbocycles. The molecule has 0 spiro atoms. The standard InChI is InChI=1S/C23H29N7O4S/c1-13(14-6-8-15(9-7-14)30-12-4-10-26-30)27-21(33)18(31)19(32)22(34)29-11-3-5-16(29)17-20(24)35-23(25-2)28-17/h4,6-10,12-13,16,18-19,31-32H,3,5,11,24H2,1-2H3,(H,25,28)(H,27,33)/t13-,16-,18-,19-/m1/s1. The van der Waals surface area contributed by atoms with Crippen molar-refractivity contribution >= 4 is 33.3 Å². The second-order valence-corrected chi connectivity index (χ2v) is 9.40. The lowest BCUT2D eigenvalue weighted by molar-refractivity contribution is -0.154. The smallest absolute Gasteiger partial charge is 0.255 e. The van der Waals surface area contributed by atoms with Gasteiger partial charge in [-0.05, 0) is 43.5 Å². The first-order valence-electron chi connectivity index (χ1n) is 11.3. The molecule has 0 unspecified atom stereocenters. The van der Waals surface area contributed by atoms with E-state index in [1.54, 1.807) is 24.9 Å². The van der Waals surface area contributed by atoms with Crippen molar-refractivity contribution in [1.29, 1.82) is 0 Å². The first-order valence-corrected chi connectivity index (χ1v) is 12.1. The molecule has 1 aliphatic heterocycles. The molecular formula is C23H29N7O4S. The van der Waals surface area contributed by atoms with Gasteiger partial charge in [-0.3, -0.25) is 9.59 Å². The highest BCUT2D eigenvalue weighted by molar-refractivity contribution is 7.19. The van der Waals surface area contributed by atoms with Crippen molar-refractivity contribution in [3.05, 3.63) is 54.0 Å². The SMILES string of the molecule is CNc1nc([C@H]2CCCN2C(=O)[C@H](O)[C@@H](O)C(=O)N[C@H](C)c2ccc(-n3cccn3)cc2)c(N)s1. The molecule has 186 valence electrons. The van der Waals surface area contributed by atoms with Crippen LogP contribution >= 0.6 is 11.3 Å². The van der Waals surface area contributed by atoms with Gasteiger partial charge in [0, 0.05) is 26.0 Å². The fourth-order valence-corrected chi connectivity index (χ4v) is 4.91. The van der Waals surface area contributed by atoms with E-state index in [1.807, 2.05) is 36.5 Å². The summed E-state index contributed by atoms with van der Waals surface area (Å²) >= 11 is 1.28. The van der Waals surface area contributed by atoms with Crippen LogP contribution in [0, 0.1) is 0 Å². The first kappa shape index (κ1) is 24.6. The van der Waals surface area contributed by atoms with E-state index in [-0.39, 0.29) is 0 Å². The molecule has 0 bridgehead atoms. The van der Waals surface area contributed by atoms with Crippen molar-refractivity contribution in [1.82, 2.24) is 25.0 Å². The molecule has 11 nitrogen and oxygen atoms in total. The minimum Gasteiger partial charge on any atom is -0.389 e. The maximum atomic E-state index is 13.0. The number of nitrogen functional groups attached to an aromatic ring is 1. The summed E-state index contributed by atoms with van der Waals surface area (Å²) in [5.41, 5.74) is 8.30. The molecule has 12 heteroatoms. The zero-order valence-corrected chi connectivity index (χ0v) is 20.3. The number of thiazole rings is 1. The molecule has 1 aliphatic rings. The Balaban J connectivity index is 1.39. The zero-order chi connectivity index (χ0) is 25.1. The van der Waals surface area contributed by atoms with E-state index in [0.29, 0.717) is 35.2 Å². The zero-order valence-electron chi connectivity index (χ0n) is 19.5. The van der Waals surface area contributed by atoms with Gasteiger partial charge in [-0.25, -0.2) is 9.67 Å². The van der Waals surface area contributed by atoms with E-state index in [0.717, 1.165) is 11.3 Å². The molecular weight excluding hydrogens is 470 g/mol. The van der Waals surface area contributed by atoms with Gasteiger partial charge in [0.1, 0.15) is 5.00 Å². The van der Waals surface area contributed by atoms with Gasteiger partial charge >= 0.3 is 0 Å². The molecule has 35 heavy (non-hydrogen) atoms. The number of carbonyl (C=O) groups excluding carboxylic acids is 2. The maximum Gasteiger partial charge on any atom is 0.255 e. The lowest BCUT2D eigenvalue weighted by atomic mass is 10.1. The van der Waals surface area contributed by atoms with Gasteiger partial charge in [0.2, 0.25) is 0 Å². The van der Waals surface area contributed by atoms with Crippen molar-refractivity contribution in [2.45, 2.75) is 44.1 Å². The molecule has 0 radical (unpaired) electrons. The summed E-state index contributed by atoms with van der Waals surface area (Å²) in [5, 5.41) is 31.9. The highest BCUT2D eigenvalue weighted by Crippen LogP contribution is 2.38. The molecule has 1 aromatic carbocycles. The fourth-order valence-electron chi connectivity index (χ4n) is 4.17. The fraction of sp³-hybridized carbons (Fsp3) is 0.391. The number of aromatic nitrogens is 3. The number of aliphatic hydroxyl groups excluding tert-OH is 2. The van der Waals surface area contributed by atoms with E-state index in [9.17, 15) is 19.8 Å². The predicted molar refractivity (Wildman–Crippen MR) is 132 cm³/mol. The van der Waals surface area contributed by atoms with Gasteiger partial charge in [0.15, 0.2) is 17.3 Å². The second kappa shape index (κ2) is 10.4. The van der Waals surface area contributed by atoms with Crippen LogP contribution in [0.2, 0.25) is 0 Å². The third-order valence-corrected chi connectivity index (χ3v) is 7.01. The van der Waals surface area contributed by atoms with Crippen LogP contribution < -0.4 is 16.4 Å². The average molecular weight is 500 g/mol. The molecule has 4 rings (SSSR count). The number of anilines is 2. The molecule has 4 atom stereocenters. The Morgan fingerprint density at radius 3 is 2.60 bits per heavy atom. The summed E-state index contributed by atoms with van der Waals surface area (Å²) in [6, 6.07) is 8.33. The monoisotopic (exact) mass is 499 g/mol. The van der Waals surface area contributed by atoms with Gasteiger partial charge in [-0.1, -0.05) is 23.5 Å². The number of nitrogens with two attached hydrogens (primary N) is 1. The lowest BCUT2D eigenvalue weighted by Gasteiger charge is -2.28. The molecule has 2 aromatic heterocycles. The summed E-state index contributed by atoms with van der Waals surface area (Å²) in [5.74, 6) is -1.57. The van der Waals surface area contributed by atoms with Gasteiger partial charge in [-0.2, -0.15) is 5.10 Å². The molecule has 3 heterocycles. The van der Waals surface area contributed by atoms with Crippen molar-refractivity contribution in [3.8, 4) is 5.69 Å². The number of aliphatic hydroxyl groups is 2. The van der Waals surface area contributed by atoms with Crippen LogP contribution in [0.3, 0.4) is 0 Å². The average Bonchev–Trinajstić information content (AvgIpc) is 3.63. The number of hydrogen-bond donors (Lipinski definition) is 5. The number of benzene rings is 1. The van der Waals surface area contributed by atoms with Crippen LogP contribution in [-0.2, 0) is 9.59 Å². The quantitative estimate of drug-likeness (QED) is 0.309. The van der Waals surface area contributed by atoms with Gasteiger partial charge < -0.3 is 31.5 Å². The molecule has 1 saturated heterocycles. The maximum absolute atomic E-state index is 13.0.